The van der Waals surface area contributed by atoms with Crippen LogP contribution in [0.4, 0.5) is 0 Å². The molecule has 1 aromatic rings. The zero-order valence-corrected chi connectivity index (χ0v) is 9.77. The van der Waals surface area contributed by atoms with E-state index >= 15 is 0 Å². The standard InChI is InChI=1S/C12H15NO4/c1-3-9(11(13)14)17-10-6-7(2)4-5-8(10)12(15)16/h4-6,9H,3H2,1-2H3,(H2,13,14)(H,15,16). The van der Waals surface area contributed by atoms with Gasteiger partial charge in [-0.1, -0.05) is 13.0 Å². The molecule has 1 aromatic carbocycles. The number of carbonyl (C=O) groups excluding carboxylic acids is 1. The van der Waals surface area contributed by atoms with Crippen LogP contribution in [0, 0.1) is 6.92 Å². The predicted molar refractivity (Wildman–Crippen MR) is 62.0 cm³/mol. The molecule has 3 N–H and O–H groups in total. The number of hydrogen-bond acceptors (Lipinski definition) is 3. The summed E-state index contributed by atoms with van der Waals surface area (Å²) >= 11 is 0. The van der Waals surface area contributed by atoms with Crippen molar-refractivity contribution in [2.24, 2.45) is 5.73 Å². The first-order valence-electron chi connectivity index (χ1n) is 5.25. The quantitative estimate of drug-likeness (QED) is 0.808. The van der Waals surface area contributed by atoms with Gasteiger partial charge in [-0.3, -0.25) is 4.79 Å². The molecule has 0 aliphatic carbocycles. The largest absolute Gasteiger partial charge is 0.480 e. The Morgan fingerprint density at radius 2 is 2.12 bits per heavy atom. The van der Waals surface area contributed by atoms with Gasteiger partial charge in [-0.15, -0.1) is 0 Å². The number of carboxylic acid groups (broad SMARTS) is 1. The van der Waals surface area contributed by atoms with Crippen LogP contribution in [0.25, 0.3) is 0 Å². The summed E-state index contributed by atoms with van der Waals surface area (Å²) in [4.78, 5) is 22.0. The first-order valence-corrected chi connectivity index (χ1v) is 5.25. The smallest absolute Gasteiger partial charge is 0.339 e. The summed E-state index contributed by atoms with van der Waals surface area (Å²) in [5, 5.41) is 8.98. The molecule has 0 aromatic heterocycles. The highest BCUT2D eigenvalue weighted by molar-refractivity contribution is 5.91. The third-order valence-electron chi connectivity index (χ3n) is 2.32. The minimum absolute atomic E-state index is 0.0234. The van der Waals surface area contributed by atoms with Crippen LogP contribution in [-0.2, 0) is 4.79 Å². The highest BCUT2D eigenvalue weighted by Crippen LogP contribution is 2.22. The van der Waals surface area contributed by atoms with Crippen molar-refractivity contribution in [3.8, 4) is 5.75 Å². The van der Waals surface area contributed by atoms with Crippen molar-refractivity contribution >= 4 is 11.9 Å². The minimum Gasteiger partial charge on any atom is -0.480 e. The molecule has 0 aliphatic rings. The molecule has 17 heavy (non-hydrogen) atoms. The normalized spacial score (nSPS) is 11.9. The van der Waals surface area contributed by atoms with Crippen molar-refractivity contribution in [2.45, 2.75) is 26.4 Å². The Morgan fingerprint density at radius 3 is 2.59 bits per heavy atom. The van der Waals surface area contributed by atoms with Gasteiger partial charge in [-0.2, -0.15) is 0 Å². The van der Waals surface area contributed by atoms with Crippen LogP contribution in [0.2, 0.25) is 0 Å². The van der Waals surface area contributed by atoms with E-state index in [1.54, 1.807) is 19.1 Å². The molecule has 5 heteroatoms. The average molecular weight is 237 g/mol. The molecule has 0 saturated heterocycles. The van der Waals surface area contributed by atoms with Crippen LogP contribution in [-0.4, -0.2) is 23.1 Å². The molecule has 0 bridgehead atoms. The van der Waals surface area contributed by atoms with E-state index in [1.165, 1.54) is 6.07 Å². The molecule has 1 amide bonds. The van der Waals surface area contributed by atoms with Crippen molar-refractivity contribution in [2.75, 3.05) is 0 Å². The Bertz CT molecular complexity index is 442. The van der Waals surface area contributed by atoms with Crippen LogP contribution in [0.1, 0.15) is 29.3 Å². The topological polar surface area (TPSA) is 89.6 Å². The van der Waals surface area contributed by atoms with Gasteiger partial charge in [0.25, 0.3) is 5.91 Å². The van der Waals surface area contributed by atoms with Crippen LogP contribution in [0.5, 0.6) is 5.75 Å². The van der Waals surface area contributed by atoms with Crippen LogP contribution in [0.15, 0.2) is 18.2 Å². The van der Waals surface area contributed by atoms with E-state index in [2.05, 4.69) is 0 Å². The van der Waals surface area contributed by atoms with Gasteiger partial charge >= 0.3 is 5.97 Å². The Kier molecular flexibility index (Phi) is 4.09. The van der Waals surface area contributed by atoms with Crippen molar-refractivity contribution in [1.29, 1.82) is 0 Å². The maximum atomic E-state index is 11.1. The first kappa shape index (κ1) is 13.0. The summed E-state index contributed by atoms with van der Waals surface area (Å²) < 4.78 is 5.34. The lowest BCUT2D eigenvalue weighted by Crippen LogP contribution is -2.33. The number of rotatable bonds is 5. The van der Waals surface area contributed by atoms with E-state index in [-0.39, 0.29) is 11.3 Å². The van der Waals surface area contributed by atoms with Crippen molar-refractivity contribution in [1.82, 2.24) is 0 Å². The van der Waals surface area contributed by atoms with Gasteiger partial charge in [-0.25, -0.2) is 4.79 Å². The molecular formula is C12H15NO4. The summed E-state index contributed by atoms with van der Waals surface area (Å²) in [7, 11) is 0. The van der Waals surface area contributed by atoms with Crippen LogP contribution >= 0.6 is 0 Å². The van der Waals surface area contributed by atoms with Crippen LogP contribution in [0.3, 0.4) is 0 Å². The Balaban J connectivity index is 3.07. The molecule has 0 radical (unpaired) electrons. The van der Waals surface area contributed by atoms with Crippen molar-refractivity contribution in [3.63, 3.8) is 0 Å². The second-order valence-electron chi connectivity index (χ2n) is 3.72. The van der Waals surface area contributed by atoms with E-state index in [9.17, 15) is 9.59 Å². The van der Waals surface area contributed by atoms with E-state index in [4.69, 9.17) is 15.6 Å². The lowest BCUT2D eigenvalue weighted by molar-refractivity contribution is -0.124. The minimum atomic E-state index is -1.10. The second kappa shape index (κ2) is 5.34. The van der Waals surface area contributed by atoms with Gasteiger partial charge in [0, 0.05) is 0 Å². The molecule has 0 saturated carbocycles. The molecule has 0 aliphatic heterocycles. The van der Waals surface area contributed by atoms with E-state index < -0.39 is 18.0 Å². The lowest BCUT2D eigenvalue weighted by atomic mass is 10.1. The fraction of sp³-hybridized carbons (Fsp3) is 0.333. The number of primary amides is 1. The molecule has 92 valence electrons. The maximum absolute atomic E-state index is 11.1. The first-order chi connectivity index (χ1) is 7.95. The SMILES string of the molecule is CCC(Oc1cc(C)ccc1C(=O)O)C(N)=O. The zero-order chi connectivity index (χ0) is 13.0. The van der Waals surface area contributed by atoms with Crippen LogP contribution < -0.4 is 10.5 Å². The Labute approximate surface area is 99.2 Å². The number of nitrogens with two attached hydrogens (primary N) is 1. The van der Waals surface area contributed by atoms with Crippen molar-refractivity contribution < 1.29 is 19.4 Å². The van der Waals surface area contributed by atoms with E-state index in [1.807, 2.05) is 6.92 Å². The summed E-state index contributed by atoms with van der Waals surface area (Å²) in [5.41, 5.74) is 6.02. The third kappa shape index (κ3) is 3.21. The highest BCUT2D eigenvalue weighted by atomic mass is 16.5. The molecule has 1 unspecified atom stereocenters. The van der Waals surface area contributed by atoms with E-state index in [0.29, 0.717) is 6.42 Å². The molecular weight excluding hydrogens is 222 g/mol. The van der Waals surface area contributed by atoms with Gasteiger partial charge in [-0.05, 0) is 31.0 Å². The van der Waals surface area contributed by atoms with E-state index in [0.717, 1.165) is 5.56 Å². The Morgan fingerprint density at radius 1 is 1.47 bits per heavy atom. The molecule has 0 heterocycles. The monoisotopic (exact) mass is 237 g/mol. The summed E-state index contributed by atoms with van der Waals surface area (Å²) in [5.74, 6) is -1.53. The number of hydrogen-bond donors (Lipinski definition) is 2. The lowest BCUT2D eigenvalue weighted by Gasteiger charge is -2.16. The summed E-state index contributed by atoms with van der Waals surface area (Å²) in [6, 6.07) is 4.69. The van der Waals surface area contributed by atoms with Gasteiger partial charge in [0.15, 0.2) is 6.10 Å². The number of ether oxygens (including phenoxy) is 1. The molecule has 1 atom stereocenters. The number of benzene rings is 1. The number of carboxylic acids is 1. The van der Waals surface area contributed by atoms with Gasteiger partial charge in [0.1, 0.15) is 11.3 Å². The summed E-state index contributed by atoms with van der Waals surface area (Å²) in [6.07, 6.45) is -0.419. The highest BCUT2D eigenvalue weighted by Gasteiger charge is 2.19. The zero-order valence-electron chi connectivity index (χ0n) is 9.77. The van der Waals surface area contributed by atoms with Gasteiger partial charge in [0.2, 0.25) is 0 Å². The number of amides is 1. The van der Waals surface area contributed by atoms with Crippen molar-refractivity contribution in [3.05, 3.63) is 29.3 Å². The average Bonchev–Trinajstić information content (AvgIpc) is 2.25. The molecule has 0 fully saturated rings. The Hall–Kier alpha value is -2.04. The number of aromatic carboxylic acids is 1. The van der Waals surface area contributed by atoms with Gasteiger partial charge < -0.3 is 15.6 Å². The number of aryl methyl sites for hydroxylation is 1. The second-order valence-corrected chi connectivity index (χ2v) is 3.72. The fourth-order valence-corrected chi connectivity index (χ4v) is 1.40. The maximum Gasteiger partial charge on any atom is 0.339 e. The fourth-order valence-electron chi connectivity index (χ4n) is 1.40. The summed E-state index contributed by atoms with van der Waals surface area (Å²) in [6.45, 7) is 3.55. The van der Waals surface area contributed by atoms with Gasteiger partial charge in [0.05, 0.1) is 0 Å². The molecule has 1 rings (SSSR count). The molecule has 0 spiro atoms. The predicted octanol–water partition coefficient (Wildman–Crippen LogP) is 1.34. The number of carbonyl (C=O) groups is 2. The molecule has 5 nitrogen and oxygen atoms in total. The third-order valence-corrected chi connectivity index (χ3v) is 2.32.